The van der Waals surface area contributed by atoms with Gasteiger partial charge in [-0.25, -0.2) is 8.42 Å². The molecule has 1 aliphatic carbocycles. The Labute approximate surface area is 121 Å². The van der Waals surface area contributed by atoms with Crippen molar-refractivity contribution in [1.82, 2.24) is 4.31 Å². The average molecular weight is 352 g/mol. The summed E-state index contributed by atoms with van der Waals surface area (Å²) >= 11 is 4.84. The van der Waals surface area contributed by atoms with E-state index in [-0.39, 0.29) is 0 Å². The van der Waals surface area contributed by atoms with Crippen LogP contribution in [0.3, 0.4) is 0 Å². The van der Waals surface area contributed by atoms with Gasteiger partial charge in [-0.15, -0.1) is 11.3 Å². The van der Waals surface area contributed by atoms with Crippen molar-refractivity contribution >= 4 is 37.3 Å². The van der Waals surface area contributed by atoms with Gasteiger partial charge in [-0.2, -0.15) is 4.31 Å². The molecule has 0 atom stereocenters. The van der Waals surface area contributed by atoms with E-state index in [0.29, 0.717) is 23.9 Å². The SMILES string of the molecule is CCCN(CC1CC1)S(=O)(=O)c1cc(Br)sc1C. The van der Waals surface area contributed by atoms with Crippen molar-refractivity contribution in [3.8, 4) is 0 Å². The second-order valence-corrected chi connectivity index (χ2v) is 9.32. The van der Waals surface area contributed by atoms with E-state index in [1.54, 1.807) is 10.4 Å². The van der Waals surface area contributed by atoms with E-state index in [4.69, 9.17) is 0 Å². The summed E-state index contributed by atoms with van der Waals surface area (Å²) in [4.78, 5) is 1.33. The summed E-state index contributed by atoms with van der Waals surface area (Å²) in [6.45, 7) is 5.18. The molecule has 18 heavy (non-hydrogen) atoms. The molecule has 0 radical (unpaired) electrons. The Hall–Kier alpha value is 0.0900. The Kier molecular flexibility index (Phi) is 4.52. The fourth-order valence-electron chi connectivity index (χ4n) is 1.97. The van der Waals surface area contributed by atoms with Gasteiger partial charge in [0.1, 0.15) is 0 Å². The summed E-state index contributed by atoms with van der Waals surface area (Å²) in [5, 5.41) is 0. The zero-order chi connectivity index (χ0) is 13.3. The molecule has 1 aliphatic rings. The molecule has 3 nitrogen and oxygen atoms in total. The van der Waals surface area contributed by atoms with Crippen molar-refractivity contribution in [2.24, 2.45) is 5.92 Å². The molecule has 2 rings (SSSR count). The molecule has 0 N–H and O–H groups in total. The van der Waals surface area contributed by atoms with E-state index in [0.717, 1.165) is 15.1 Å². The molecule has 0 saturated heterocycles. The topological polar surface area (TPSA) is 37.4 Å². The highest BCUT2D eigenvalue weighted by Gasteiger charge is 2.32. The van der Waals surface area contributed by atoms with Gasteiger partial charge < -0.3 is 0 Å². The highest BCUT2D eigenvalue weighted by molar-refractivity contribution is 9.11. The lowest BCUT2D eigenvalue weighted by molar-refractivity contribution is 0.395. The number of sulfonamides is 1. The van der Waals surface area contributed by atoms with E-state index in [1.165, 1.54) is 24.2 Å². The van der Waals surface area contributed by atoms with E-state index in [1.807, 2.05) is 13.8 Å². The van der Waals surface area contributed by atoms with Crippen LogP contribution < -0.4 is 0 Å². The number of thiophene rings is 1. The van der Waals surface area contributed by atoms with Crippen molar-refractivity contribution in [1.29, 1.82) is 0 Å². The number of hydrogen-bond donors (Lipinski definition) is 0. The smallest absolute Gasteiger partial charge is 0.207 e. The normalized spacial score (nSPS) is 16.4. The summed E-state index contributed by atoms with van der Waals surface area (Å²) in [7, 11) is -3.31. The van der Waals surface area contributed by atoms with E-state index < -0.39 is 10.0 Å². The lowest BCUT2D eigenvalue weighted by atomic mass is 10.4. The Balaban J connectivity index is 2.28. The zero-order valence-corrected chi connectivity index (χ0v) is 13.9. The first kappa shape index (κ1) is 14.5. The van der Waals surface area contributed by atoms with Crippen LogP contribution in [0, 0.1) is 12.8 Å². The van der Waals surface area contributed by atoms with Crippen LogP contribution in [0.1, 0.15) is 31.1 Å². The van der Waals surface area contributed by atoms with Gasteiger partial charge >= 0.3 is 0 Å². The number of nitrogens with zero attached hydrogens (tertiary/aromatic N) is 1. The second-order valence-electron chi connectivity index (χ2n) is 4.78. The average Bonchev–Trinajstić information content (AvgIpc) is 3.02. The molecule has 0 spiro atoms. The first-order chi connectivity index (χ1) is 8.45. The number of hydrogen-bond acceptors (Lipinski definition) is 3. The minimum atomic E-state index is -3.31. The van der Waals surface area contributed by atoms with Crippen molar-refractivity contribution < 1.29 is 8.42 Å². The van der Waals surface area contributed by atoms with Crippen LogP contribution in [0.25, 0.3) is 0 Å². The predicted molar refractivity (Wildman–Crippen MR) is 78.5 cm³/mol. The molecular weight excluding hydrogens is 334 g/mol. The lowest BCUT2D eigenvalue weighted by Gasteiger charge is -2.21. The Morgan fingerprint density at radius 3 is 2.61 bits per heavy atom. The highest BCUT2D eigenvalue weighted by atomic mass is 79.9. The summed E-state index contributed by atoms with van der Waals surface area (Å²) in [5.41, 5.74) is 0. The Morgan fingerprint density at radius 2 is 2.17 bits per heavy atom. The predicted octanol–water partition coefficient (Wildman–Crippen LogP) is 3.63. The third-order valence-corrected chi connectivity index (χ3v) is 6.77. The molecule has 102 valence electrons. The number of halogens is 1. The van der Waals surface area contributed by atoms with Crippen LogP contribution in [-0.4, -0.2) is 25.8 Å². The minimum absolute atomic E-state index is 0.466. The first-order valence-corrected chi connectivity index (χ1v) is 9.26. The quantitative estimate of drug-likeness (QED) is 0.784. The third-order valence-electron chi connectivity index (χ3n) is 3.09. The van der Waals surface area contributed by atoms with Gasteiger partial charge in [0.05, 0.1) is 8.68 Å². The standard InChI is InChI=1S/C12H18BrNO2S2/c1-3-6-14(8-10-4-5-10)18(15,16)11-7-12(13)17-9(11)2/h7,10H,3-6,8H2,1-2H3. The van der Waals surface area contributed by atoms with Crippen molar-refractivity contribution in [3.05, 3.63) is 14.7 Å². The minimum Gasteiger partial charge on any atom is -0.207 e. The molecule has 1 saturated carbocycles. The Bertz CT molecular complexity index is 520. The van der Waals surface area contributed by atoms with Gasteiger partial charge in [-0.05, 0) is 54.1 Å². The molecule has 1 aromatic rings. The maximum Gasteiger partial charge on any atom is 0.244 e. The monoisotopic (exact) mass is 351 g/mol. The Morgan fingerprint density at radius 1 is 1.50 bits per heavy atom. The van der Waals surface area contributed by atoms with Crippen LogP contribution in [0.2, 0.25) is 0 Å². The number of aryl methyl sites for hydroxylation is 1. The summed E-state index contributed by atoms with van der Waals surface area (Å²) in [6, 6.07) is 1.73. The molecule has 0 unspecified atom stereocenters. The van der Waals surface area contributed by atoms with Crippen LogP contribution >= 0.6 is 27.3 Å². The number of rotatable bonds is 6. The molecule has 0 amide bonds. The summed E-state index contributed by atoms with van der Waals surface area (Å²) < 4.78 is 27.8. The van der Waals surface area contributed by atoms with Gasteiger partial charge in [0.25, 0.3) is 0 Å². The van der Waals surface area contributed by atoms with Crippen LogP contribution in [0.4, 0.5) is 0 Å². The zero-order valence-electron chi connectivity index (χ0n) is 10.6. The maximum atomic E-state index is 12.6. The second kappa shape index (κ2) is 5.61. The molecule has 1 fully saturated rings. The van der Waals surface area contributed by atoms with Gasteiger partial charge in [-0.3, -0.25) is 0 Å². The van der Waals surface area contributed by atoms with Crippen molar-refractivity contribution in [2.75, 3.05) is 13.1 Å². The largest absolute Gasteiger partial charge is 0.244 e. The van der Waals surface area contributed by atoms with Crippen molar-refractivity contribution in [3.63, 3.8) is 0 Å². The van der Waals surface area contributed by atoms with Crippen LogP contribution in [-0.2, 0) is 10.0 Å². The molecule has 0 bridgehead atoms. The maximum absolute atomic E-state index is 12.6. The van der Waals surface area contributed by atoms with Crippen LogP contribution in [0.15, 0.2) is 14.7 Å². The van der Waals surface area contributed by atoms with Gasteiger partial charge in [0.2, 0.25) is 10.0 Å². The van der Waals surface area contributed by atoms with E-state index >= 15 is 0 Å². The molecule has 6 heteroatoms. The van der Waals surface area contributed by atoms with Gasteiger partial charge in [-0.1, -0.05) is 6.92 Å². The summed E-state index contributed by atoms with van der Waals surface area (Å²) in [5.74, 6) is 0.578. The lowest BCUT2D eigenvalue weighted by Crippen LogP contribution is -2.33. The van der Waals surface area contributed by atoms with E-state index in [2.05, 4.69) is 15.9 Å². The molecule has 0 aliphatic heterocycles. The molecule has 1 aromatic heterocycles. The molecular formula is C12H18BrNO2S2. The third kappa shape index (κ3) is 3.15. The molecule has 0 aromatic carbocycles. The van der Waals surface area contributed by atoms with Crippen LogP contribution in [0.5, 0.6) is 0 Å². The fourth-order valence-corrected chi connectivity index (χ4v) is 5.96. The first-order valence-electron chi connectivity index (χ1n) is 6.21. The summed E-state index contributed by atoms with van der Waals surface area (Å²) in [6.07, 6.45) is 3.19. The fraction of sp³-hybridized carbons (Fsp3) is 0.667. The molecule has 1 heterocycles. The van der Waals surface area contributed by atoms with E-state index in [9.17, 15) is 8.42 Å². The van der Waals surface area contributed by atoms with Gasteiger partial charge in [0.15, 0.2) is 0 Å². The highest BCUT2D eigenvalue weighted by Crippen LogP contribution is 2.35. The van der Waals surface area contributed by atoms with Crippen molar-refractivity contribution in [2.45, 2.75) is 38.0 Å². The van der Waals surface area contributed by atoms with Gasteiger partial charge in [0, 0.05) is 18.0 Å².